The summed E-state index contributed by atoms with van der Waals surface area (Å²) in [6.45, 7) is 4.87. The average molecular weight is 222 g/mol. The van der Waals surface area contributed by atoms with Crippen LogP contribution in [0, 0.1) is 6.92 Å². The molecule has 0 unspecified atom stereocenters. The van der Waals surface area contributed by atoms with Gasteiger partial charge in [0.2, 0.25) is 5.88 Å². The Morgan fingerprint density at radius 3 is 2.69 bits per heavy atom. The molecule has 3 heteroatoms. The predicted molar refractivity (Wildman–Crippen MR) is 67.6 cm³/mol. The van der Waals surface area contributed by atoms with Crippen molar-refractivity contribution in [1.29, 1.82) is 0 Å². The summed E-state index contributed by atoms with van der Waals surface area (Å²) in [6, 6.07) is 3.73. The van der Waals surface area contributed by atoms with Crippen LogP contribution in [-0.2, 0) is 0 Å². The Hall–Kier alpha value is -1.25. The molecule has 16 heavy (non-hydrogen) atoms. The van der Waals surface area contributed by atoms with Gasteiger partial charge < -0.3 is 10.5 Å². The van der Waals surface area contributed by atoms with Crippen molar-refractivity contribution in [1.82, 2.24) is 4.98 Å². The molecule has 0 aromatic carbocycles. The van der Waals surface area contributed by atoms with Gasteiger partial charge in [0.25, 0.3) is 0 Å². The Labute approximate surface area is 98.0 Å². The summed E-state index contributed by atoms with van der Waals surface area (Å²) >= 11 is 0. The molecule has 0 aliphatic carbocycles. The van der Waals surface area contributed by atoms with Crippen molar-refractivity contribution in [3.8, 4) is 5.88 Å². The van der Waals surface area contributed by atoms with Gasteiger partial charge in [-0.25, -0.2) is 4.98 Å². The Kier molecular flexibility index (Phi) is 5.68. The first-order valence-corrected chi connectivity index (χ1v) is 6.10. The second-order valence-corrected chi connectivity index (χ2v) is 4.11. The molecule has 0 fully saturated rings. The van der Waals surface area contributed by atoms with Crippen LogP contribution in [0.2, 0.25) is 0 Å². The van der Waals surface area contributed by atoms with E-state index in [1.165, 1.54) is 25.7 Å². The maximum Gasteiger partial charge on any atom is 0.237 e. The Balaban J connectivity index is 2.23. The molecule has 0 aliphatic rings. The molecule has 0 saturated heterocycles. The van der Waals surface area contributed by atoms with Crippen LogP contribution in [0.4, 0.5) is 5.69 Å². The number of hydrogen-bond acceptors (Lipinski definition) is 3. The molecule has 3 nitrogen and oxygen atoms in total. The van der Waals surface area contributed by atoms with Gasteiger partial charge in [0.05, 0.1) is 12.3 Å². The third-order valence-electron chi connectivity index (χ3n) is 2.52. The number of aromatic nitrogens is 1. The summed E-state index contributed by atoms with van der Waals surface area (Å²) in [5.41, 5.74) is 7.33. The van der Waals surface area contributed by atoms with Crippen LogP contribution < -0.4 is 10.5 Å². The predicted octanol–water partition coefficient (Wildman–Crippen LogP) is 3.32. The van der Waals surface area contributed by atoms with Crippen molar-refractivity contribution in [2.45, 2.75) is 46.0 Å². The molecule has 1 heterocycles. The van der Waals surface area contributed by atoms with E-state index in [9.17, 15) is 0 Å². The quantitative estimate of drug-likeness (QED) is 0.720. The lowest BCUT2D eigenvalue weighted by atomic mass is 10.2. The van der Waals surface area contributed by atoms with Gasteiger partial charge in [0.1, 0.15) is 0 Å². The number of nitrogen functional groups attached to an aromatic ring is 1. The molecule has 0 saturated carbocycles. The third kappa shape index (κ3) is 4.51. The number of aryl methyl sites for hydroxylation is 1. The van der Waals surface area contributed by atoms with Crippen molar-refractivity contribution in [3.63, 3.8) is 0 Å². The topological polar surface area (TPSA) is 48.1 Å². The standard InChI is InChI=1S/C13H22N2O/c1-3-4-5-6-7-10-16-13-12(14)9-8-11(2)15-13/h8-9H,3-7,10,14H2,1-2H3. The van der Waals surface area contributed by atoms with E-state index < -0.39 is 0 Å². The summed E-state index contributed by atoms with van der Waals surface area (Å²) in [7, 11) is 0. The number of hydrogen-bond donors (Lipinski definition) is 1. The number of nitrogens with two attached hydrogens (primary N) is 1. The van der Waals surface area contributed by atoms with Crippen LogP contribution in [-0.4, -0.2) is 11.6 Å². The second-order valence-electron chi connectivity index (χ2n) is 4.11. The van der Waals surface area contributed by atoms with Gasteiger partial charge in [-0.1, -0.05) is 32.6 Å². The van der Waals surface area contributed by atoms with Crippen LogP contribution in [0.25, 0.3) is 0 Å². The SMILES string of the molecule is CCCCCCCOc1nc(C)ccc1N. The van der Waals surface area contributed by atoms with Crippen LogP contribution in [0.3, 0.4) is 0 Å². The highest BCUT2D eigenvalue weighted by Gasteiger charge is 2.01. The summed E-state index contributed by atoms with van der Waals surface area (Å²) < 4.78 is 5.56. The number of rotatable bonds is 7. The lowest BCUT2D eigenvalue weighted by molar-refractivity contribution is 0.294. The molecular formula is C13H22N2O. The average Bonchev–Trinajstić information content (AvgIpc) is 2.28. The molecule has 0 spiro atoms. The lowest BCUT2D eigenvalue weighted by Crippen LogP contribution is -2.03. The van der Waals surface area contributed by atoms with Crippen molar-refractivity contribution >= 4 is 5.69 Å². The molecule has 1 rings (SSSR count). The smallest absolute Gasteiger partial charge is 0.237 e. The Bertz CT molecular complexity index is 313. The highest BCUT2D eigenvalue weighted by atomic mass is 16.5. The van der Waals surface area contributed by atoms with Gasteiger partial charge in [-0.2, -0.15) is 0 Å². The zero-order valence-electron chi connectivity index (χ0n) is 10.3. The van der Waals surface area contributed by atoms with Crippen molar-refractivity contribution in [2.24, 2.45) is 0 Å². The molecule has 0 atom stereocenters. The van der Waals surface area contributed by atoms with E-state index in [1.54, 1.807) is 0 Å². The lowest BCUT2D eigenvalue weighted by Gasteiger charge is -2.08. The highest BCUT2D eigenvalue weighted by molar-refractivity contribution is 5.48. The normalized spacial score (nSPS) is 10.4. The minimum Gasteiger partial charge on any atom is -0.476 e. The zero-order valence-corrected chi connectivity index (χ0v) is 10.3. The van der Waals surface area contributed by atoms with E-state index in [0.29, 0.717) is 18.2 Å². The van der Waals surface area contributed by atoms with Gasteiger partial charge in [-0.3, -0.25) is 0 Å². The van der Waals surface area contributed by atoms with Gasteiger partial charge in [0.15, 0.2) is 0 Å². The van der Waals surface area contributed by atoms with Gasteiger partial charge in [-0.15, -0.1) is 0 Å². The summed E-state index contributed by atoms with van der Waals surface area (Å²) in [5, 5.41) is 0. The number of nitrogens with zero attached hydrogens (tertiary/aromatic N) is 1. The largest absolute Gasteiger partial charge is 0.476 e. The summed E-state index contributed by atoms with van der Waals surface area (Å²) in [4.78, 5) is 4.26. The minimum atomic E-state index is 0.579. The number of pyridine rings is 1. The van der Waals surface area contributed by atoms with E-state index in [0.717, 1.165) is 12.1 Å². The first-order chi connectivity index (χ1) is 7.74. The van der Waals surface area contributed by atoms with E-state index in [4.69, 9.17) is 10.5 Å². The zero-order chi connectivity index (χ0) is 11.8. The Morgan fingerprint density at radius 1 is 1.19 bits per heavy atom. The van der Waals surface area contributed by atoms with Crippen LogP contribution >= 0.6 is 0 Å². The molecule has 0 bridgehead atoms. The minimum absolute atomic E-state index is 0.579. The number of unbranched alkanes of at least 4 members (excludes halogenated alkanes) is 4. The van der Waals surface area contributed by atoms with Crippen LogP contribution in [0.5, 0.6) is 5.88 Å². The molecule has 90 valence electrons. The number of anilines is 1. The van der Waals surface area contributed by atoms with Gasteiger partial charge >= 0.3 is 0 Å². The van der Waals surface area contributed by atoms with Crippen molar-refractivity contribution < 1.29 is 4.74 Å². The molecular weight excluding hydrogens is 200 g/mol. The molecule has 1 aromatic heterocycles. The highest BCUT2D eigenvalue weighted by Crippen LogP contribution is 2.18. The van der Waals surface area contributed by atoms with Crippen molar-refractivity contribution in [2.75, 3.05) is 12.3 Å². The third-order valence-corrected chi connectivity index (χ3v) is 2.52. The summed E-state index contributed by atoms with van der Waals surface area (Å²) in [6.07, 6.45) is 6.17. The fraction of sp³-hybridized carbons (Fsp3) is 0.615. The van der Waals surface area contributed by atoms with E-state index >= 15 is 0 Å². The molecule has 0 amide bonds. The fourth-order valence-corrected chi connectivity index (χ4v) is 1.53. The second kappa shape index (κ2) is 7.09. The maximum absolute atomic E-state index is 5.76. The van der Waals surface area contributed by atoms with E-state index in [-0.39, 0.29) is 0 Å². The number of ether oxygens (including phenoxy) is 1. The van der Waals surface area contributed by atoms with Crippen LogP contribution in [0.1, 0.15) is 44.7 Å². The van der Waals surface area contributed by atoms with Crippen LogP contribution in [0.15, 0.2) is 12.1 Å². The molecule has 2 N–H and O–H groups in total. The first-order valence-electron chi connectivity index (χ1n) is 6.10. The molecule has 1 aromatic rings. The van der Waals surface area contributed by atoms with E-state index in [2.05, 4.69) is 11.9 Å². The first kappa shape index (κ1) is 12.8. The monoisotopic (exact) mass is 222 g/mol. The Morgan fingerprint density at radius 2 is 1.94 bits per heavy atom. The molecule has 0 radical (unpaired) electrons. The fourth-order valence-electron chi connectivity index (χ4n) is 1.53. The van der Waals surface area contributed by atoms with E-state index in [1.807, 2.05) is 19.1 Å². The summed E-state index contributed by atoms with van der Waals surface area (Å²) in [5.74, 6) is 0.579. The maximum atomic E-state index is 5.76. The molecule has 0 aliphatic heterocycles. The van der Waals surface area contributed by atoms with Crippen molar-refractivity contribution in [3.05, 3.63) is 17.8 Å². The van der Waals surface area contributed by atoms with Gasteiger partial charge in [-0.05, 0) is 25.5 Å². The van der Waals surface area contributed by atoms with Gasteiger partial charge in [0, 0.05) is 5.69 Å².